The molecule has 2 fully saturated rings. The van der Waals surface area contributed by atoms with Crippen molar-refractivity contribution in [3.63, 3.8) is 0 Å². The third kappa shape index (κ3) is 6.13. The molecule has 0 unspecified atom stereocenters. The fourth-order valence-corrected chi connectivity index (χ4v) is 5.57. The number of nitrogens with zero attached hydrogens (tertiary/aromatic N) is 1. The Labute approximate surface area is 191 Å². The lowest BCUT2D eigenvalue weighted by atomic mass is 9.81. The topological polar surface area (TPSA) is 46.6 Å². The number of anilines is 1. The number of amides is 1. The van der Waals surface area contributed by atoms with E-state index in [9.17, 15) is 9.59 Å². The molecule has 31 heavy (non-hydrogen) atoms. The summed E-state index contributed by atoms with van der Waals surface area (Å²) in [6, 6.07) is 2.11. The summed E-state index contributed by atoms with van der Waals surface area (Å²) in [6.07, 6.45) is 9.55. The lowest BCUT2D eigenvalue weighted by molar-refractivity contribution is -0.124. The van der Waals surface area contributed by atoms with Crippen LogP contribution in [-0.2, 0) is 9.53 Å². The van der Waals surface area contributed by atoms with E-state index in [4.69, 9.17) is 4.74 Å². The zero-order valence-corrected chi connectivity index (χ0v) is 20.6. The number of hydrogen-bond acceptors (Lipinski definition) is 4. The highest BCUT2D eigenvalue weighted by Crippen LogP contribution is 2.39. The van der Waals surface area contributed by atoms with Crippen LogP contribution in [0.25, 0.3) is 0 Å². The third-order valence-electron chi connectivity index (χ3n) is 6.45. The van der Waals surface area contributed by atoms with Gasteiger partial charge in [-0.3, -0.25) is 4.79 Å². The molecule has 2 aliphatic carbocycles. The molecule has 170 valence electrons. The van der Waals surface area contributed by atoms with Crippen LogP contribution in [0.4, 0.5) is 5.69 Å². The number of esters is 1. The Morgan fingerprint density at radius 3 is 2.29 bits per heavy atom. The first kappa shape index (κ1) is 23.9. The summed E-state index contributed by atoms with van der Waals surface area (Å²) in [5.74, 6) is 7.04. The second-order valence-corrected chi connectivity index (χ2v) is 11.3. The molecule has 0 aromatic carbocycles. The Morgan fingerprint density at radius 2 is 1.71 bits per heavy atom. The van der Waals surface area contributed by atoms with Gasteiger partial charge in [0.2, 0.25) is 5.91 Å². The first-order valence-electron chi connectivity index (χ1n) is 11.8. The van der Waals surface area contributed by atoms with Crippen LogP contribution >= 0.6 is 11.3 Å². The van der Waals surface area contributed by atoms with E-state index in [1.54, 1.807) is 0 Å². The van der Waals surface area contributed by atoms with Crippen LogP contribution in [0.15, 0.2) is 6.07 Å². The van der Waals surface area contributed by atoms with Gasteiger partial charge in [0.25, 0.3) is 0 Å². The maximum atomic E-state index is 13.8. The number of rotatable bonds is 4. The maximum Gasteiger partial charge on any atom is 0.350 e. The molecule has 1 heterocycles. The van der Waals surface area contributed by atoms with Crippen LogP contribution in [0.5, 0.6) is 0 Å². The van der Waals surface area contributed by atoms with Crippen molar-refractivity contribution in [1.82, 2.24) is 0 Å². The van der Waals surface area contributed by atoms with Gasteiger partial charge in [0.05, 0.1) is 17.7 Å². The molecular formula is C26H37NO3S. The van der Waals surface area contributed by atoms with Crippen LogP contribution in [0, 0.1) is 29.1 Å². The highest BCUT2D eigenvalue weighted by atomic mass is 32.1. The van der Waals surface area contributed by atoms with Gasteiger partial charge >= 0.3 is 5.97 Å². The molecule has 0 bridgehead atoms. The highest BCUT2D eigenvalue weighted by Gasteiger charge is 2.36. The highest BCUT2D eigenvalue weighted by molar-refractivity contribution is 7.15. The number of hydrogen-bond donors (Lipinski definition) is 0. The number of thiophene rings is 1. The van der Waals surface area contributed by atoms with E-state index in [0.717, 1.165) is 56.2 Å². The van der Waals surface area contributed by atoms with Crippen molar-refractivity contribution in [3.05, 3.63) is 15.8 Å². The number of carbonyl (C=O) groups is 2. The second kappa shape index (κ2) is 10.2. The smallest absolute Gasteiger partial charge is 0.350 e. The van der Waals surface area contributed by atoms with Gasteiger partial charge in [0, 0.05) is 17.4 Å². The molecule has 1 amide bonds. The minimum atomic E-state index is -0.380. The minimum absolute atomic E-state index is 0.0487. The molecule has 1 aromatic rings. The van der Waals surface area contributed by atoms with Crippen LogP contribution in [-0.4, -0.2) is 25.0 Å². The van der Waals surface area contributed by atoms with Crippen molar-refractivity contribution in [2.45, 2.75) is 91.5 Å². The fourth-order valence-electron chi connectivity index (χ4n) is 4.65. The van der Waals surface area contributed by atoms with Crippen molar-refractivity contribution in [2.24, 2.45) is 17.3 Å². The van der Waals surface area contributed by atoms with Crippen LogP contribution in [0.3, 0.4) is 0 Å². The van der Waals surface area contributed by atoms with E-state index < -0.39 is 0 Å². The molecule has 0 aliphatic heterocycles. The summed E-state index contributed by atoms with van der Waals surface area (Å²) in [6.45, 7) is 8.47. The number of carbonyl (C=O) groups excluding carboxylic acids is 2. The Bertz CT molecular complexity index is 840. The molecule has 0 saturated heterocycles. The van der Waals surface area contributed by atoms with Gasteiger partial charge in [-0.15, -0.1) is 11.3 Å². The first-order valence-corrected chi connectivity index (χ1v) is 12.6. The van der Waals surface area contributed by atoms with E-state index in [0.29, 0.717) is 16.5 Å². The van der Waals surface area contributed by atoms with E-state index in [1.165, 1.54) is 24.9 Å². The lowest BCUT2D eigenvalue weighted by Crippen LogP contribution is -2.46. The van der Waals surface area contributed by atoms with E-state index >= 15 is 0 Å². The summed E-state index contributed by atoms with van der Waals surface area (Å²) >= 11 is 1.35. The fraction of sp³-hybridized carbons (Fsp3) is 0.692. The minimum Gasteiger partial charge on any atom is -0.465 e. The first-order chi connectivity index (χ1) is 14.7. The average Bonchev–Trinajstić information content (AvgIpc) is 3.16. The number of ether oxygens (including phenoxy) is 1. The molecule has 2 aliphatic rings. The lowest BCUT2D eigenvalue weighted by Gasteiger charge is -2.38. The van der Waals surface area contributed by atoms with Gasteiger partial charge in [-0.1, -0.05) is 38.0 Å². The predicted molar refractivity (Wildman–Crippen MR) is 127 cm³/mol. The molecule has 0 spiro atoms. The Kier molecular flexibility index (Phi) is 7.86. The molecule has 0 N–H and O–H groups in total. The third-order valence-corrected chi connectivity index (χ3v) is 7.47. The zero-order chi connectivity index (χ0) is 22.6. The quantitative estimate of drug-likeness (QED) is 0.398. The van der Waals surface area contributed by atoms with Gasteiger partial charge in [0.1, 0.15) is 4.88 Å². The van der Waals surface area contributed by atoms with Crippen molar-refractivity contribution in [3.8, 4) is 11.8 Å². The Morgan fingerprint density at radius 1 is 1.06 bits per heavy atom. The van der Waals surface area contributed by atoms with Gasteiger partial charge < -0.3 is 9.64 Å². The molecule has 0 radical (unpaired) electrons. The Hall–Kier alpha value is -1.80. The molecule has 4 nitrogen and oxygen atoms in total. The zero-order valence-electron chi connectivity index (χ0n) is 19.8. The van der Waals surface area contributed by atoms with Crippen molar-refractivity contribution >= 4 is 28.9 Å². The molecule has 3 rings (SSSR count). The second-order valence-electron chi connectivity index (χ2n) is 10.3. The van der Waals surface area contributed by atoms with Gasteiger partial charge in [0.15, 0.2) is 0 Å². The largest absolute Gasteiger partial charge is 0.465 e. The van der Waals surface area contributed by atoms with E-state index in [2.05, 4.69) is 39.5 Å². The molecule has 0 atom stereocenters. The predicted octanol–water partition coefficient (Wildman–Crippen LogP) is 6.42. The Balaban J connectivity index is 2.02. The van der Waals surface area contributed by atoms with Gasteiger partial charge in [-0.05, 0) is 71.3 Å². The van der Waals surface area contributed by atoms with E-state index in [-0.39, 0.29) is 29.3 Å². The number of methoxy groups -OCH3 is 1. The van der Waals surface area contributed by atoms with Crippen molar-refractivity contribution in [1.29, 1.82) is 0 Å². The monoisotopic (exact) mass is 443 g/mol. The average molecular weight is 444 g/mol. The maximum absolute atomic E-state index is 13.8. The molecule has 2 saturated carbocycles. The standard InChI is InChI=1S/C26H37NO3S/c1-18-11-13-19(14-12-18)24(28)27(20-9-7-6-8-10-20)22-17-21(15-16-26(2,3)4)31-23(22)25(29)30-5/h17-20H,6-14H2,1-5H3. The van der Waals surface area contributed by atoms with Gasteiger partial charge in [-0.2, -0.15) is 0 Å². The van der Waals surface area contributed by atoms with Crippen LogP contribution in [0.2, 0.25) is 0 Å². The molecule has 5 heteroatoms. The molecular weight excluding hydrogens is 406 g/mol. The summed E-state index contributed by atoms with van der Waals surface area (Å²) in [7, 11) is 1.40. The van der Waals surface area contributed by atoms with Crippen molar-refractivity contribution < 1.29 is 14.3 Å². The summed E-state index contributed by atoms with van der Waals surface area (Å²) < 4.78 is 5.10. The van der Waals surface area contributed by atoms with Crippen LogP contribution < -0.4 is 4.90 Å². The van der Waals surface area contributed by atoms with Crippen LogP contribution in [0.1, 0.15) is 100 Å². The van der Waals surface area contributed by atoms with E-state index in [1.807, 2.05) is 11.0 Å². The summed E-state index contributed by atoms with van der Waals surface area (Å²) in [5.41, 5.74) is 0.582. The van der Waals surface area contributed by atoms with Crippen molar-refractivity contribution in [2.75, 3.05) is 12.0 Å². The summed E-state index contributed by atoms with van der Waals surface area (Å²) in [5, 5.41) is 0. The normalized spacial score (nSPS) is 22.4. The molecule has 1 aromatic heterocycles. The SMILES string of the molecule is COC(=O)c1sc(C#CC(C)(C)C)cc1N(C(=O)C1CCC(C)CC1)C1CCCCC1. The summed E-state index contributed by atoms with van der Waals surface area (Å²) in [4.78, 5) is 29.8. The van der Waals surface area contributed by atoms with Gasteiger partial charge in [-0.25, -0.2) is 4.79 Å².